The third-order valence-electron chi connectivity index (χ3n) is 4.65. The van der Waals surface area contributed by atoms with Crippen molar-refractivity contribution in [2.24, 2.45) is 4.99 Å². The van der Waals surface area contributed by atoms with Crippen LogP contribution in [0.1, 0.15) is 12.0 Å². The summed E-state index contributed by atoms with van der Waals surface area (Å²) in [6, 6.07) is 16.2. The van der Waals surface area contributed by atoms with Gasteiger partial charge in [-0.15, -0.1) is 0 Å². The summed E-state index contributed by atoms with van der Waals surface area (Å²) < 4.78 is 13.3. The summed E-state index contributed by atoms with van der Waals surface area (Å²) in [6.45, 7) is 2.12. The van der Waals surface area contributed by atoms with Crippen LogP contribution in [0.2, 0.25) is 0 Å². The smallest absolute Gasteiger partial charge is 0.195 e. The molecule has 0 radical (unpaired) electrons. The number of nitrogens with one attached hydrogen (secondary N) is 2. The van der Waals surface area contributed by atoms with E-state index in [4.69, 9.17) is 9.47 Å². The van der Waals surface area contributed by atoms with Crippen molar-refractivity contribution in [2.45, 2.75) is 12.8 Å². The monoisotopic (exact) mass is 391 g/mol. The Bertz CT molecular complexity index is 952. The quantitative estimate of drug-likeness (QED) is 0.516. The molecule has 3 aromatic rings. The number of rotatable bonds is 5. The lowest BCUT2D eigenvalue weighted by Crippen LogP contribution is -2.32. The van der Waals surface area contributed by atoms with E-state index in [2.05, 4.69) is 45.0 Å². The number of guanidine groups is 1. The molecule has 0 atom stereocenters. The third kappa shape index (κ3) is 4.87. The van der Waals surface area contributed by atoms with Gasteiger partial charge in [-0.1, -0.05) is 12.1 Å². The van der Waals surface area contributed by atoms with Gasteiger partial charge in [-0.05, 0) is 42.3 Å². The lowest BCUT2D eigenvalue weighted by Gasteiger charge is -2.14. The summed E-state index contributed by atoms with van der Waals surface area (Å²) in [7, 11) is 1.76. The van der Waals surface area contributed by atoms with Crippen molar-refractivity contribution < 1.29 is 9.47 Å². The number of hydrogen-bond acceptors (Lipinski definition) is 4. The van der Waals surface area contributed by atoms with E-state index >= 15 is 0 Å². The van der Waals surface area contributed by atoms with Crippen LogP contribution in [0.4, 0.5) is 5.69 Å². The molecule has 7 heteroatoms. The zero-order valence-corrected chi connectivity index (χ0v) is 16.5. The Morgan fingerprint density at radius 1 is 1.10 bits per heavy atom. The van der Waals surface area contributed by atoms with Gasteiger partial charge in [0.2, 0.25) is 0 Å². The van der Waals surface area contributed by atoms with Gasteiger partial charge in [0, 0.05) is 44.2 Å². The molecule has 7 nitrogen and oxygen atoms in total. The molecule has 2 N–H and O–H groups in total. The summed E-state index contributed by atoms with van der Waals surface area (Å²) in [4.78, 5) is 4.30. The molecule has 0 aliphatic carbocycles. The molecule has 0 bridgehead atoms. The number of benzene rings is 2. The van der Waals surface area contributed by atoms with E-state index in [1.807, 2.05) is 35.1 Å². The highest BCUT2D eigenvalue weighted by Crippen LogP contribution is 2.32. The zero-order valence-electron chi connectivity index (χ0n) is 16.5. The number of ether oxygens (including phenoxy) is 2. The molecule has 150 valence electrons. The van der Waals surface area contributed by atoms with Crippen molar-refractivity contribution >= 4 is 11.6 Å². The second-order valence-electron chi connectivity index (χ2n) is 6.70. The maximum Gasteiger partial charge on any atom is 0.195 e. The average molecular weight is 391 g/mol. The Labute approximate surface area is 170 Å². The van der Waals surface area contributed by atoms with E-state index in [0.717, 1.165) is 42.3 Å². The van der Waals surface area contributed by atoms with E-state index in [-0.39, 0.29) is 0 Å². The van der Waals surface area contributed by atoms with Crippen molar-refractivity contribution in [3.63, 3.8) is 0 Å². The molecule has 0 amide bonds. The fraction of sp³-hybridized carbons (Fsp3) is 0.273. The minimum Gasteiger partial charge on any atom is -0.490 e. The van der Waals surface area contributed by atoms with Crippen molar-refractivity contribution in [3.8, 4) is 17.2 Å². The van der Waals surface area contributed by atoms with Crippen molar-refractivity contribution in [1.82, 2.24) is 15.1 Å². The molecule has 2 heterocycles. The molecule has 1 aromatic heterocycles. The van der Waals surface area contributed by atoms with Gasteiger partial charge in [-0.3, -0.25) is 4.99 Å². The van der Waals surface area contributed by atoms with Crippen LogP contribution in [0.5, 0.6) is 11.5 Å². The number of nitrogens with zero attached hydrogens (tertiary/aromatic N) is 3. The molecule has 0 saturated heterocycles. The molecule has 2 aromatic carbocycles. The summed E-state index contributed by atoms with van der Waals surface area (Å²) in [5, 5.41) is 10.9. The largest absolute Gasteiger partial charge is 0.490 e. The topological polar surface area (TPSA) is 72.7 Å². The van der Waals surface area contributed by atoms with Gasteiger partial charge in [0.05, 0.1) is 18.9 Å². The molecular weight excluding hydrogens is 366 g/mol. The normalized spacial score (nSPS) is 13.6. The highest BCUT2D eigenvalue weighted by molar-refractivity contribution is 5.93. The van der Waals surface area contributed by atoms with E-state index in [1.165, 1.54) is 5.56 Å². The second-order valence-corrected chi connectivity index (χ2v) is 6.70. The first-order valence-corrected chi connectivity index (χ1v) is 9.78. The van der Waals surface area contributed by atoms with Gasteiger partial charge in [-0.2, -0.15) is 5.10 Å². The molecular formula is C22H25N5O2. The number of hydrogen-bond donors (Lipinski definition) is 2. The Morgan fingerprint density at radius 3 is 2.69 bits per heavy atom. The van der Waals surface area contributed by atoms with Crippen molar-refractivity contribution in [1.29, 1.82) is 0 Å². The van der Waals surface area contributed by atoms with Gasteiger partial charge >= 0.3 is 0 Å². The number of aromatic nitrogens is 2. The lowest BCUT2D eigenvalue weighted by atomic mass is 10.1. The second kappa shape index (κ2) is 9.14. The molecule has 4 rings (SSSR count). The minimum atomic E-state index is 0.669. The molecule has 1 aliphatic rings. The van der Waals surface area contributed by atoms with Gasteiger partial charge in [-0.25, -0.2) is 4.68 Å². The zero-order chi connectivity index (χ0) is 19.9. The van der Waals surface area contributed by atoms with Crippen molar-refractivity contribution in [2.75, 3.05) is 32.1 Å². The Balaban J connectivity index is 1.30. The summed E-state index contributed by atoms with van der Waals surface area (Å²) in [5.41, 5.74) is 3.21. The van der Waals surface area contributed by atoms with E-state index in [1.54, 1.807) is 13.2 Å². The number of anilines is 1. The Kier molecular flexibility index (Phi) is 5.95. The van der Waals surface area contributed by atoms with Crippen LogP contribution in [-0.4, -0.2) is 42.5 Å². The van der Waals surface area contributed by atoms with Crippen LogP contribution < -0.4 is 20.1 Å². The van der Waals surface area contributed by atoms with Crippen molar-refractivity contribution in [3.05, 3.63) is 66.5 Å². The molecule has 1 aliphatic heterocycles. The highest BCUT2D eigenvalue weighted by atomic mass is 16.5. The summed E-state index contributed by atoms with van der Waals surface area (Å²) >= 11 is 0. The van der Waals surface area contributed by atoms with E-state index < -0.39 is 0 Å². The first-order valence-electron chi connectivity index (χ1n) is 9.78. The average Bonchev–Trinajstić information content (AvgIpc) is 3.19. The summed E-state index contributed by atoms with van der Waals surface area (Å²) in [6.07, 6.45) is 5.50. The summed E-state index contributed by atoms with van der Waals surface area (Å²) in [5.74, 6) is 2.27. The molecule has 0 spiro atoms. The standard InChI is InChI=1S/C22H25N5O2/c1-23-22(26-18-6-9-20-21(16-18)29-15-3-14-28-20)24-12-10-17-4-7-19(8-5-17)27-13-2-11-25-27/h2,4-9,11,13,16H,3,10,12,14-15H2,1H3,(H2,23,24,26). The molecule has 0 saturated carbocycles. The molecule has 29 heavy (non-hydrogen) atoms. The van der Waals surface area contributed by atoms with E-state index in [9.17, 15) is 0 Å². The predicted octanol–water partition coefficient (Wildman–Crippen LogP) is 3.26. The van der Waals surface area contributed by atoms with Gasteiger partial charge in [0.15, 0.2) is 17.5 Å². The number of aliphatic imine (C=N–C) groups is 1. The number of fused-ring (bicyclic) bond motifs is 1. The fourth-order valence-corrected chi connectivity index (χ4v) is 3.12. The van der Waals surface area contributed by atoms with Crippen LogP contribution in [0.15, 0.2) is 65.9 Å². The maximum atomic E-state index is 5.75. The van der Waals surface area contributed by atoms with Crippen LogP contribution in [0, 0.1) is 0 Å². The van der Waals surface area contributed by atoms with Crippen LogP contribution >= 0.6 is 0 Å². The molecule has 0 fully saturated rings. The van der Waals surface area contributed by atoms with E-state index in [0.29, 0.717) is 19.2 Å². The van der Waals surface area contributed by atoms with Crippen LogP contribution in [0.25, 0.3) is 5.69 Å². The van der Waals surface area contributed by atoms with Gasteiger partial charge in [0.1, 0.15) is 0 Å². The fourth-order valence-electron chi connectivity index (χ4n) is 3.12. The lowest BCUT2D eigenvalue weighted by molar-refractivity contribution is 0.297. The van der Waals surface area contributed by atoms with Gasteiger partial charge in [0.25, 0.3) is 0 Å². The minimum absolute atomic E-state index is 0.669. The SMILES string of the molecule is CN=C(NCCc1ccc(-n2cccn2)cc1)Nc1ccc2c(c1)OCCCO2. The first-order chi connectivity index (χ1) is 14.3. The Hall–Kier alpha value is -3.48. The predicted molar refractivity (Wildman–Crippen MR) is 114 cm³/mol. The Morgan fingerprint density at radius 2 is 1.93 bits per heavy atom. The van der Waals surface area contributed by atoms with Crippen LogP contribution in [0.3, 0.4) is 0 Å². The maximum absolute atomic E-state index is 5.75. The van der Waals surface area contributed by atoms with Gasteiger partial charge < -0.3 is 20.1 Å². The highest BCUT2D eigenvalue weighted by Gasteiger charge is 2.11. The molecule has 0 unspecified atom stereocenters. The van der Waals surface area contributed by atoms with Crippen LogP contribution in [-0.2, 0) is 6.42 Å². The third-order valence-corrected chi connectivity index (χ3v) is 4.65. The first kappa shape index (κ1) is 18.9.